The molecular weight excluding hydrogens is 214 g/mol. The average molecular weight is 235 g/mol. The fraction of sp³-hybridized carbons (Fsp3) is 0.462. The molecule has 1 rings (SSSR count). The molecule has 0 unspecified atom stereocenters. The second-order valence-corrected chi connectivity index (χ2v) is 4.40. The molecule has 17 heavy (non-hydrogen) atoms. The van der Waals surface area contributed by atoms with Crippen molar-refractivity contribution in [1.82, 2.24) is 4.90 Å². The lowest BCUT2D eigenvalue weighted by atomic mass is 10.1. The molecule has 4 heteroatoms. The van der Waals surface area contributed by atoms with Crippen molar-refractivity contribution in [2.24, 2.45) is 5.73 Å². The molecular formula is C13H21N3O. The predicted octanol–water partition coefficient (Wildman–Crippen LogP) is 1.17. The lowest BCUT2D eigenvalue weighted by molar-refractivity contribution is 0.159. The summed E-state index contributed by atoms with van der Waals surface area (Å²) in [5.41, 5.74) is 7.31. The Hall–Kier alpha value is -1.39. The molecule has 0 saturated heterocycles. The summed E-state index contributed by atoms with van der Waals surface area (Å²) in [7, 11) is 0. The van der Waals surface area contributed by atoms with Gasteiger partial charge in [0, 0.05) is 24.7 Å². The Balaban J connectivity index is 2.69. The summed E-state index contributed by atoms with van der Waals surface area (Å²) in [6.07, 6.45) is 0. The minimum absolute atomic E-state index is 0.0904. The van der Waals surface area contributed by atoms with Gasteiger partial charge >= 0.3 is 0 Å². The monoisotopic (exact) mass is 235 g/mol. The Morgan fingerprint density at radius 1 is 1.35 bits per heavy atom. The van der Waals surface area contributed by atoms with Crippen LogP contribution in [0.4, 0.5) is 0 Å². The van der Waals surface area contributed by atoms with Crippen molar-refractivity contribution in [3.8, 4) is 0 Å². The maximum atomic E-state index is 8.99. The molecule has 1 aromatic rings. The van der Waals surface area contributed by atoms with E-state index in [-0.39, 0.29) is 12.4 Å². The smallest absolute Gasteiger partial charge is 0.122 e. The number of aliphatic hydroxyl groups is 1. The van der Waals surface area contributed by atoms with Crippen LogP contribution in [0, 0.1) is 5.41 Å². The van der Waals surface area contributed by atoms with E-state index < -0.39 is 0 Å². The molecule has 4 N–H and O–H groups in total. The number of hydrogen-bond acceptors (Lipinski definition) is 3. The molecule has 0 bridgehead atoms. The Kier molecular flexibility index (Phi) is 5.12. The highest BCUT2D eigenvalue weighted by Crippen LogP contribution is 2.09. The van der Waals surface area contributed by atoms with Crippen molar-refractivity contribution in [3.05, 3.63) is 35.4 Å². The zero-order valence-corrected chi connectivity index (χ0v) is 10.5. The summed E-state index contributed by atoms with van der Waals surface area (Å²) in [6, 6.07) is 8.06. The Morgan fingerprint density at radius 2 is 1.94 bits per heavy atom. The molecule has 0 spiro atoms. The third-order valence-electron chi connectivity index (χ3n) is 2.77. The van der Waals surface area contributed by atoms with Crippen molar-refractivity contribution in [2.75, 3.05) is 13.2 Å². The van der Waals surface area contributed by atoms with Gasteiger partial charge in [0.1, 0.15) is 5.84 Å². The van der Waals surface area contributed by atoms with Crippen LogP contribution in [-0.2, 0) is 6.54 Å². The summed E-state index contributed by atoms with van der Waals surface area (Å²) in [4.78, 5) is 2.20. The Morgan fingerprint density at radius 3 is 2.35 bits per heavy atom. The van der Waals surface area contributed by atoms with E-state index in [1.165, 1.54) is 0 Å². The minimum Gasteiger partial charge on any atom is -0.395 e. The first kappa shape index (κ1) is 13.7. The van der Waals surface area contributed by atoms with Gasteiger partial charge in [0.2, 0.25) is 0 Å². The van der Waals surface area contributed by atoms with E-state index in [9.17, 15) is 0 Å². The van der Waals surface area contributed by atoms with Crippen molar-refractivity contribution in [1.29, 1.82) is 5.41 Å². The van der Waals surface area contributed by atoms with Crippen LogP contribution < -0.4 is 5.73 Å². The summed E-state index contributed by atoms with van der Waals surface area (Å²) >= 11 is 0. The van der Waals surface area contributed by atoms with Gasteiger partial charge in [-0.05, 0) is 19.4 Å². The molecule has 0 atom stereocenters. The Bertz CT molecular complexity index is 359. The van der Waals surface area contributed by atoms with E-state index >= 15 is 0 Å². The van der Waals surface area contributed by atoms with Gasteiger partial charge in [-0.2, -0.15) is 0 Å². The van der Waals surface area contributed by atoms with Gasteiger partial charge in [-0.15, -0.1) is 0 Å². The van der Waals surface area contributed by atoms with Crippen LogP contribution in [0.3, 0.4) is 0 Å². The maximum absolute atomic E-state index is 8.99. The van der Waals surface area contributed by atoms with Crippen LogP contribution in [0.1, 0.15) is 25.0 Å². The molecule has 0 aromatic heterocycles. The van der Waals surface area contributed by atoms with Gasteiger partial charge < -0.3 is 10.8 Å². The number of benzene rings is 1. The van der Waals surface area contributed by atoms with Crippen LogP contribution in [0.15, 0.2) is 24.3 Å². The number of nitrogen functional groups attached to an aromatic ring is 1. The van der Waals surface area contributed by atoms with Crippen LogP contribution in [0.25, 0.3) is 0 Å². The average Bonchev–Trinajstić information content (AvgIpc) is 2.29. The number of nitrogens with zero attached hydrogens (tertiary/aromatic N) is 1. The van der Waals surface area contributed by atoms with E-state index in [0.717, 1.165) is 17.7 Å². The van der Waals surface area contributed by atoms with Gasteiger partial charge in [0.15, 0.2) is 0 Å². The van der Waals surface area contributed by atoms with Crippen LogP contribution in [0.2, 0.25) is 0 Å². The van der Waals surface area contributed by atoms with E-state index in [1.54, 1.807) is 0 Å². The molecule has 94 valence electrons. The highest BCUT2D eigenvalue weighted by atomic mass is 16.3. The molecule has 1 aromatic carbocycles. The third kappa shape index (κ3) is 4.17. The molecule has 0 saturated carbocycles. The highest BCUT2D eigenvalue weighted by Gasteiger charge is 2.09. The number of rotatable bonds is 6. The van der Waals surface area contributed by atoms with Gasteiger partial charge in [-0.25, -0.2) is 0 Å². The van der Waals surface area contributed by atoms with E-state index in [0.29, 0.717) is 12.6 Å². The van der Waals surface area contributed by atoms with Crippen molar-refractivity contribution in [2.45, 2.75) is 26.4 Å². The molecule has 0 aliphatic rings. The summed E-state index contributed by atoms with van der Waals surface area (Å²) in [5.74, 6) is 0.0904. The molecule has 0 fully saturated rings. The van der Waals surface area contributed by atoms with Crippen molar-refractivity contribution >= 4 is 5.84 Å². The second-order valence-electron chi connectivity index (χ2n) is 4.40. The van der Waals surface area contributed by atoms with Gasteiger partial charge in [0.05, 0.1) is 6.61 Å². The zero-order chi connectivity index (χ0) is 12.8. The first-order valence-corrected chi connectivity index (χ1v) is 5.83. The third-order valence-corrected chi connectivity index (χ3v) is 2.77. The lowest BCUT2D eigenvalue weighted by Gasteiger charge is -2.25. The lowest BCUT2D eigenvalue weighted by Crippen LogP contribution is -2.32. The SMILES string of the molecule is CC(C)N(CCO)Cc1ccc(C(=N)N)cc1. The molecule has 0 aliphatic heterocycles. The quantitative estimate of drug-likeness (QED) is 0.512. The molecule has 0 amide bonds. The molecule has 0 heterocycles. The summed E-state index contributed by atoms with van der Waals surface area (Å²) in [5, 5.41) is 16.3. The largest absolute Gasteiger partial charge is 0.395 e. The van der Waals surface area contributed by atoms with Crippen LogP contribution in [0.5, 0.6) is 0 Å². The number of nitrogens with one attached hydrogen (secondary N) is 1. The minimum atomic E-state index is 0.0904. The van der Waals surface area contributed by atoms with Gasteiger partial charge in [-0.3, -0.25) is 10.3 Å². The molecule has 4 nitrogen and oxygen atoms in total. The number of amidine groups is 1. The van der Waals surface area contributed by atoms with E-state index in [1.807, 2.05) is 24.3 Å². The van der Waals surface area contributed by atoms with Gasteiger partial charge in [-0.1, -0.05) is 24.3 Å². The summed E-state index contributed by atoms with van der Waals surface area (Å²) < 4.78 is 0. The maximum Gasteiger partial charge on any atom is 0.122 e. The molecule has 0 radical (unpaired) electrons. The molecule has 0 aliphatic carbocycles. The summed E-state index contributed by atoms with van der Waals surface area (Å²) in [6.45, 7) is 5.87. The fourth-order valence-electron chi connectivity index (χ4n) is 1.67. The topological polar surface area (TPSA) is 73.3 Å². The van der Waals surface area contributed by atoms with Crippen molar-refractivity contribution < 1.29 is 5.11 Å². The van der Waals surface area contributed by atoms with Crippen LogP contribution in [-0.4, -0.2) is 35.0 Å². The van der Waals surface area contributed by atoms with Crippen molar-refractivity contribution in [3.63, 3.8) is 0 Å². The zero-order valence-electron chi connectivity index (χ0n) is 10.5. The van der Waals surface area contributed by atoms with E-state index in [2.05, 4.69) is 18.7 Å². The first-order chi connectivity index (χ1) is 8.04. The Labute approximate surface area is 103 Å². The standard InChI is InChI=1S/C13H21N3O/c1-10(2)16(7-8-17)9-11-3-5-12(6-4-11)13(14)15/h3-6,10,17H,7-9H2,1-2H3,(H3,14,15). The first-order valence-electron chi connectivity index (χ1n) is 5.83. The number of aliphatic hydroxyl groups excluding tert-OH is 1. The number of hydrogen-bond donors (Lipinski definition) is 3. The number of nitrogens with two attached hydrogens (primary N) is 1. The fourth-order valence-corrected chi connectivity index (χ4v) is 1.67. The highest BCUT2D eigenvalue weighted by molar-refractivity contribution is 5.94. The predicted molar refractivity (Wildman–Crippen MR) is 70.1 cm³/mol. The normalized spacial score (nSPS) is 11.1. The second kappa shape index (κ2) is 6.37. The van der Waals surface area contributed by atoms with Crippen LogP contribution >= 0.6 is 0 Å². The van der Waals surface area contributed by atoms with E-state index in [4.69, 9.17) is 16.2 Å². The van der Waals surface area contributed by atoms with Gasteiger partial charge in [0.25, 0.3) is 0 Å².